The summed E-state index contributed by atoms with van der Waals surface area (Å²) in [6, 6.07) is 11.1. The first-order valence-electron chi connectivity index (χ1n) is 7.25. The summed E-state index contributed by atoms with van der Waals surface area (Å²) in [5, 5.41) is 1.32. The lowest BCUT2D eigenvalue weighted by atomic mass is 10.1. The maximum absolute atomic E-state index is 7.37. The van der Waals surface area contributed by atoms with E-state index in [9.17, 15) is 0 Å². The standard InChI is InChI=1S/C15H19NSi/c1-12-5-7-13(8-6-12)15-10-9-14(11-16-15)17(2,3)4/h5-11H,1-4H3/i1D3. The highest BCUT2D eigenvalue weighted by molar-refractivity contribution is 6.88. The lowest BCUT2D eigenvalue weighted by Crippen LogP contribution is -2.37. The highest BCUT2D eigenvalue weighted by Gasteiger charge is 2.16. The molecule has 1 aromatic heterocycles. The van der Waals surface area contributed by atoms with Gasteiger partial charge in [-0.1, -0.05) is 55.5 Å². The van der Waals surface area contributed by atoms with E-state index in [-0.39, 0.29) is 0 Å². The molecule has 1 heterocycles. The van der Waals surface area contributed by atoms with Crippen molar-refractivity contribution in [3.05, 3.63) is 48.2 Å². The van der Waals surface area contributed by atoms with E-state index < -0.39 is 14.9 Å². The SMILES string of the molecule is [2H]C([2H])([2H])c1ccc(-c2ccc([Si](C)(C)C)cn2)cc1. The fourth-order valence-electron chi connectivity index (χ4n) is 1.65. The van der Waals surface area contributed by atoms with Crippen molar-refractivity contribution in [1.29, 1.82) is 0 Å². The van der Waals surface area contributed by atoms with Crippen LogP contribution in [0.4, 0.5) is 0 Å². The summed E-state index contributed by atoms with van der Waals surface area (Å²) < 4.78 is 22.1. The van der Waals surface area contributed by atoms with E-state index in [0.29, 0.717) is 5.56 Å². The molecule has 0 aliphatic heterocycles. The Balaban J connectivity index is 2.29. The molecule has 0 fully saturated rings. The second-order valence-electron chi connectivity index (χ2n) is 5.26. The number of nitrogens with zero attached hydrogens (tertiary/aromatic N) is 1. The van der Waals surface area contributed by atoms with Crippen LogP contribution in [-0.2, 0) is 0 Å². The number of aryl methyl sites for hydroxylation is 1. The zero-order valence-corrected chi connectivity index (χ0v) is 11.5. The van der Waals surface area contributed by atoms with Crippen LogP contribution in [0.3, 0.4) is 0 Å². The second kappa shape index (κ2) is 4.45. The van der Waals surface area contributed by atoms with Gasteiger partial charge >= 0.3 is 0 Å². The summed E-state index contributed by atoms with van der Waals surface area (Å²) in [6.07, 6.45) is 1.94. The molecule has 17 heavy (non-hydrogen) atoms. The van der Waals surface area contributed by atoms with Gasteiger partial charge in [-0.2, -0.15) is 0 Å². The van der Waals surface area contributed by atoms with Crippen LogP contribution in [0.25, 0.3) is 11.3 Å². The van der Waals surface area contributed by atoms with Gasteiger partial charge < -0.3 is 0 Å². The summed E-state index contributed by atoms with van der Waals surface area (Å²) in [5.74, 6) is 0. The summed E-state index contributed by atoms with van der Waals surface area (Å²) in [4.78, 5) is 4.50. The molecule has 0 unspecified atom stereocenters. The van der Waals surface area contributed by atoms with Gasteiger partial charge in [0.05, 0.1) is 13.8 Å². The first-order valence-corrected chi connectivity index (χ1v) is 9.25. The minimum Gasteiger partial charge on any atom is -0.256 e. The van der Waals surface area contributed by atoms with E-state index in [0.717, 1.165) is 11.3 Å². The van der Waals surface area contributed by atoms with Gasteiger partial charge in [0.2, 0.25) is 0 Å². The van der Waals surface area contributed by atoms with Crippen molar-refractivity contribution >= 4 is 13.3 Å². The Morgan fingerprint density at radius 1 is 1.00 bits per heavy atom. The monoisotopic (exact) mass is 244 g/mol. The summed E-state index contributed by atoms with van der Waals surface area (Å²) in [6.45, 7) is 4.81. The van der Waals surface area contributed by atoms with E-state index in [1.165, 1.54) is 5.19 Å². The van der Waals surface area contributed by atoms with E-state index in [1.807, 2.05) is 24.4 Å². The molecule has 0 amide bonds. The van der Waals surface area contributed by atoms with E-state index in [4.69, 9.17) is 4.11 Å². The normalized spacial score (nSPS) is 14.9. The fourth-order valence-corrected chi connectivity index (χ4v) is 2.68. The van der Waals surface area contributed by atoms with Crippen molar-refractivity contribution in [1.82, 2.24) is 4.98 Å². The Morgan fingerprint density at radius 3 is 2.18 bits per heavy atom. The van der Waals surface area contributed by atoms with Crippen molar-refractivity contribution in [2.45, 2.75) is 26.5 Å². The molecule has 0 spiro atoms. The third-order valence-electron chi connectivity index (χ3n) is 2.81. The van der Waals surface area contributed by atoms with Gasteiger partial charge in [-0.3, -0.25) is 4.98 Å². The van der Waals surface area contributed by atoms with Gasteiger partial charge in [-0.25, -0.2) is 0 Å². The number of hydrogen-bond acceptors (Lipinski definition) is 1. The first kappa shape index (κ1) is 8.64. The summed E-state index contributed by atoms with van der Waals surface area (Å²) >= 11 is 0. The van der Waals surface area contributed by atoms with Gasteiger partial charge in [0.25, 0.3) is 0 Å². The quantitative estimate of drug-likeness (QED) is 0.736. The molecule has 0 aliphatic carbocycles. The van der Waals surface area contributed by atoms with Crippen molar-refractivity contribution in [2.24, 2.45) is 0 Å². The third-order valence-corrected chi connectivity index (χ3v) is 4.84. The molecule has 2 rings (SSSR count). The lowest BCUT2D eigenvalue weighted by molar-refractivity contribution is 1.33. The van der Waals surface area contributed by atoms with Crippen LogP contribution in [-0.4, -0.2) is 13.1 Å². The Labute approximate surface area is 109 Å². The Kier molecular flexibility index (Phi) is 2.27. The second-order valence-corrected chi connectivity index (χ2v) is 10.3. The molecule has 1 aromatic carbocycles. The lowest BCUT2D eigenvalue weighted by Gasteiger charge is -2.16. The van der Waals surface area contributed by atoms with Crippen LogP contribution in [0.2, 0.25) is 19.6 Å². The molecule has 2 heteroatoms. The molecule has 88 valence electrons. The number of hydrogen-bond donors (Lipinski definition) is 0. The fraction of sp³-hybridized carbons (Fsp3) is 0.267. The molecule has 2 aromatic rings. The molecule has 0 aliphatic rings. The van der Waals surface area contributed by atoms with E-state index >= 15 is 0 Å². The highest BCUT2D eigenvalue weighted by Crippen LogP contribution is 2.16. The largest absolute Gasteiger partial charge is 0.256 e. The van der Waals surface area contributed by atoms with Crippen LogP contribution in [0.15, 0.2) is 42.6 Å². The molecule has 0 bridgehead atoms. The number of aromatic nitrogens is 1. The minimum atomic E-state index is -2.05. The minimum absolute atomic E-state index is 0.361. The van der Waals surface area contributed by atoms with Crippen molar-refractivity contribution in [2.75, 3.05) is 0 Å². The highest BCUT2D eigenvalue weighted by atomic mass is 28.3. The third kappa shape index (κ3) is 2.83. The molecule has 1 nitrogen and oxygen atoms in total. The van der Waals surface area contributed by atoms with Crippen LogP contribution >= 0.6 is 0 Å². The maximum Gasteiger partial charge on any atom is 0.0796 e. The first-order chi connectivity index (χ1) is 9.18. The number of benzene rings is 1. The number of rotatable bonds is 2. The smallest absolute Gasteiger partial charge is 0.0796 e. The van der Waals surface area contributed by atoms with Gasteiger partial charge in [-0.15, -0.1) is 0 Å². The van der Waals surface area contributed by atoms with Gasteiger partial charge in [-0.05, 0) is 18.1 Å². The zero-order chi connectivity index (χ0) is 15.0. The zero-order valence-electron chi connectivity index (χ0n) is 13.5. The topological polar surface area (TPSA) is 12.9 Å². The van der Waals surface area contributed by atoms with Gasteiger partial charge in [0.15, 0.2) is 0 Å². The molecule has 0 saturated carbocycles. The average molecular weight is 244 g/mol. The Hall–Kier alpha value is -1.41. The number of pyridine rings is 1. The van der Waals surface area contributed by atoms with E-state index in [1.54, 1.807) is 12.1 Å². The molecule has 0 N–H and O–H groups in total. The average Bonchev–Trinajstić information content (AvgIpc) is 2.37. The molecular weight excluding hydrogens is 222 g/mol. The Morgan fingerprint density at radius 2 is 1.71 bits per heavy atom. The maximum atomic E-state index is 7.37. The van der Waals surface area contributed by atoms with Crippen LogP contribution in [0, 0.1) is 6.85 Å². The van der Waals surface area contributed by atoms with E-state index in [2.05, 4.69) is 30.7 Å². The summed E-state index contributed by atoms with van der Waals surface area (Å²) in [7, 11) is -1.33. The van der Waals surface area contributed by atoms with Crippen LogP contribution in [0.1, 0.15) is 9.68 Å². The summed E-state index contributed by atoms with van der Waals surface area (Å²) in [5.41, 5.74) is 2.18. The molecule has 0 radical (unpaired) electrons. The molecule has 0 atom stereocenters. The predicted molar refractivity (Wildman–Crippen MR) is 77.4 cm³/mol. The Bertz CT molecular complexity index is 525. The van der Waals surface area contributed by atoms with Crippen molar-refractivity contribution < 1.29 is 4.11 Å². The molecular formula is C15H19NSi. The van der Waals surface area contributed by atoms with Crippen molar-refractivity contribution in [3.8, 4) is 11.3 Å². The van der Waals surface area contributed by atoms with Crippen LogP contribution in [0.5, 0.6) is 0 Å². The van der Waals surface area contributed by atoms with Crippen molar-refractivity contribution in [3.63, 3.8) is 0 Å². The molecule has 0 saturated heterocycles. The van der Waals surface area contributed by atoms with Gasteiger partial charge in [0, 0.05) is 15.9 Å². The predicted octanol–water partition coefficient (Wildman–Crippen LogP) is 3.60. The van der Waals surface area contributed by atoms with Gasteiger partial charge in [0.1, 0.15) is 0 Å². The van der Waals surface area contributed by atoms with Crippen LogP contribution < -0.4 is 5.19 Å².